The molecule has 0 aliphatic carbocycles. The molecule has 3 nitrogen and oxygen atoms in total. The number of H-pyrrole nitrogens is 1. The molecule has 3 N–H and O–H groups in total. The Kier molecular flexibility index (Phi) is 2.52. The van der Waals surface area contributed by atoms with Gasteiger partial charge in [0.05, 0.1) is 0 Å². The first-order valence-electron chi connectivity index (χ1n) is 6.13. The Morgan fingerprint density at radius 3 is 2.24 bits per heavy atom. The molecule has 88 valence electrons. The first-order valence-corrected chi connectivity index (χ1v) is 6.13. The molecule has 0 amide bonds. The predicted molar refractivity (Wildman–Crippen MR) is 72.1 cm³/mol. The summed E-state index contributed by atoms with van der Waals surface area (Å²) >= 11 is 0. The summed E-state index contributed by atoms with van der Waals surface area (Å²) in [6, 6.07) is 12.6. The van der Waals surface area contributed by atoms with Crippen molar-refractivity contribution in [2.45, 2.75) is 12.8 Å². The summed E-state index contributed by atoms with van der Waals surface area (Å²) in [4.78, 5) is 5.58. The second-order valence-electron chi connectivity index (χ2n) is 4.57. The standard InChI is InChI=1S/C14H17N3/c15-14-8-7-13(16-14)11-3-5-12(6-4-11)17-9-1-2-10-17/h3-8,16H,1-2,9-10,15H2. The highest BCUT2D eigenvalue weighted by Gasteiger charge is 2.11. The summed E-state index contributed by atoms with van der Waals surface area (Å²) in [6.45, 7) is 2.38. The van der Waals surface area contributed by atoms with Crippen LogP contribution in [0.4, 0.5) is 11.5 Å². The molecule has 0 spiro atoms. The van der Waals surface area contributed by atoms with Crippen LogP contribution in [0.2, 0.25) is 0 Å². The van der Waals surface area contributed by atoms with Gasteiger partial charge in [-0.1, -0.05) is 12.1 Å². The van der Waals surface area contributed by atoms with Gasteiger partial charge in [0.25, 0.3) is 0 Å². The second kappa shape index (κ2) is 4.17. The number of hydrogen-bond acceptors (Lipinski definition) is 2. The summed E-state index contributed by atoms with van der Waals surface area (Å²) in [5.41, 5.74) is 9.27. The molecule has 1 aliphatic heterocycles. The molecule has 0 atom stereocenters. The maximum atomic E-state index is 5.68. The summed E-state index contributed by atoms with van der Waals surface area (Å²) in [5.74, 6) is 0.712. The van der Waals surface area contributed by atoms with Crippen LogP contribution in [0.5, 0.6) is 0 Å². The lowest BCUT2D eigenvalue weighted by atomic mass is 10.1. The largest absolute Gasteiger partial charge is 0.385 e. The molecule has 3 heteroatoms. The number of aromatic amines is 1. The number of hydrogen-bond donors (Lipinski definition) is 2. The van der Waals surface area contributed by atoms with Gasteiger partial charge in [0.1, 0.15) is 5.82 Å². The SMILES string of the molecule is Nc1ccc(-c2ccc(N3CCCC3)cc2)[nH]1. The molecule has 1 aromatic heterocycles. The maximum Gasteiger partial charge on any atom is 0.101 e. The van der Waals surface area contributed by atoms with E-state index in [2.05, 4.69) is 34.1 Å². The zero-order chi connectivity index (χ0) is 11.7. The first-order chi connectivity index (χ1) is 8.33. The fraction of sp³-hybridized carbons (Fsp3) is 0.286. The molecule has 0 bridgehead atoms. The monoisotopic (exact) mass is 227 g/mol. The Bertz CT molecular complexity index is 492. The van der Waals surface area contributed by atoms with E-state index in [4.69, 9.17) is 5.73 Å². The van der Waals surface area contributed by atoms with E-state index in [1.807, 2.05) is 12.1 Å². The quantitative estimate of drug-likeness (QED) is 0.828. The van der Waals surface area contributed by atoms with E-state index >= 15 is 0 Å². The van der Waals surface area contributed by atoms with Crippen LogP contribution in [0.15, 0.2) is 36.4 Å². The van der Waals surface area contributed by atoms with Crippen LogP contribution < -0.4 is 10.6 Å². The van der Waals surface area contributed by atoms with E-state index in [1.165, 1.54) is 37.2 Å². The van der Waals surface area contributed by atoms with Gasteiger partial charge in [-0.25, -0.2) is 0 Å². The van der Waals surface area contributed by atoms with E-state index in [0.29, 0.717) is 5.82 Å². The lowest BCUT2D eigenvalue weighted by molar-refractivity contribution is 0.949. The van der Waals surface area contributed by atoms with Crippen molar-refractivity contribution in [2.24, 2.45) is 0 Å². The summed E-state index contributed by atoms with van der Waals surface area (Å²) in [6.07, 6.45) is 2.63. The fourth-order valence-electron chi connectivity index (χ4n) is 2.41. The zero-order valence-corrected chi connectivity index (χ0v) is 9.82. The van der Waals surface area contributed by atoms with Gasteiger partial charge >= 0.3 is 0 Å². The van der Waals surface area contributed by atoms with Crippen LogP contribution in [0.3, 0.4) is 0 Å². The molecule has 0 saturated carbocycles. The predicted octanol–water partition coefficient (Wildman–Crippen LogP) is 2.86. The first kappa shape index (κ1) is 10.3. The molecule has 1 aliphatic rings. The molecule has 2 heterocycles. The van der Waals surface area contributed by atoms with Crippen LogP contribution in [-0.2, 0) is 0 Å². The van der Waals surface area contributed by atoms with Crippen molar-refractivity contribution < 1.29 is 0 Å². The van der Waals surface area contributed by atoms with E-state index in [-0.39, 0.29) is 0 Å². The smallest absolute Gasteiger partial charge is 0.101 e. The molecule has 1 fully saturated rings. The number of aromatic nitrogens is 1. The minimum absolute atomic E-state index is 0.712. The number of nitrogens with two attached hydrogens (primary N) is 1. The lowest BCUT2D eigenvalue weighted by Gasteiger charge is -2.17. The van der Waals surface area contributed by atoms with Gasteiger partial charge < -0.3 is 15.6 Å². The van der Waals surface area contributed by atoms with Crippen molar-refractivity contribution in [1.82, 2.24) is 4.98 Å². The number of nitrogen functional groups attached to an aromatic ring is 1. The maximum absolute atomic E-state index is 5.68. The topological polar surface area (TPSA) is 45.0 Å². The molecular weight excluding hydrogens is 210 g/mol. The number of anilines is 2. The Morgan fingerprint density at radius 2 is 1.65 bits per heavy atom. The lowest BCUT2D eigenvalue weighted by Crippen LogP contribution is -2.17. The molecule has 17 heavy (non-hydrogen) atoms. The van der Waals surface area contributed by atoms with Gasteiger partial charge in [-0.3, -0.25) is 0 Å². The van der Waals surface area contributed by atoms with Crippen molar-refractivity contribution in [3.8, 4) is 11.3 Å². The highest BCUT2D eigenvalue weighted by atomic mass is 15.1. The number of nitrogens with one attached hydrogen (secondary N) is 1. The molecule has 1 aromatic carbocycles. The molecule has 3 rings (SSSR count). The highest BCUT2D eigenvalue weighted by molar-refractivity contribution is 5.65. The van der Waals surface area contributed by atoms with E-state index < -0.39 is 0 Å². The Labute approximate surface area is 101 Å². The van der Waals surface area contributed by atoms with Gasteiger partial charge in [-0.05, 0) is 42.7 Å². The van der Waals surface area contributed by atoms with Crippen molar-refractivity contribution >= 4 is 11.5 Å². The van der Waals surface area contributed by atoms with Gasteiger partial charge in [0.2, 0.25) is 0 Å². The number of rotatable bonds is 2. The molecule has 0 unspecified atom stereocenters. The third-order valence-corrected chi connectivity index (χ3v) is 3.36. The summed E-state index contributed by atoms with van der Waals surface area (Å²) in [5, 5.41) is 0. The third-order valence-electron chi connectivity index (χ3n) is 3.36. The summed E-state index contributed by atoms with van der Waals surface area (Å²) < 4.78 is 0. The molecule has 2 aromatic rings. The van der Waals surface area contributed by atoms with Crippen LogP contribution in [0.1, 0.15) is 12.8 Å². The number of benzene rings is 1. The van der Waals surface area contributed by atoms with E-state index in [1.54, 1.807) is 0 Å². The Hall–Kier alpha value is -1.90. The highest BCUT2D eigenvalue weighted by Crippen LogP contribution is 2.25. The fourth-order valence-corrected chi connectivity index (χ4v) is 2.41. The molecular formula is C14H17N3. The van der Waals surface area contributed by atoms with Crippen LogP contribution in [0, 0.1) is 0 Å². The second-order valence-corrected chi connectivity index (χ2v) is 4.57. The average Bonchev–Trinajstić information content (AvgIpc) is 3.00. The van der Waals surface area contributed by atoms with Crippen molar-refractivity contribution in [3.63, 3.8) is 0 Å². The Balaban J connectivity index is 1.84. The molecule has 0 radical (unpaired) electrons. The van der Waals surface area contributed by atoms with Crippen LogP contribution in [0.25, 0.3) is 11.3 Å². The average molecular weight is 227 g/mol. The zero-order valence-electron chi connectivity index (χ0n) is 9.82. The summed E-state index contributed by atoms with van der Waals surface area (Å²) in [7, 11) is 0. The van der Waals surface area contributed by atoms with Crippen molar-refractivity contribution in [2.75, 3.05) is 23.7 Å². The molecule has 1 saturated heterocycles. The van der Waals surface area contributed by atoms with E-state index in [9.17, 15) is 0 Å². The van der Waals surface area contributed by atoms with Gasteiger partial charge in [-0.2, -0.15) is 0 Å². The normalized spacial score (nSPS) is 15.4. The van der Waals surface area contributed by atoms with Gasteiger partial charge in [0, 0.05) is 24.5 Å². The third kappa shape index (κ3) is 2.00. The van der Waals surface area contributed by atoms with Gasteiger partial charge in [-0.15, -0.1) is 0 Å². The van der Waals surface area contributed by atoms with Crippen molar-refractivity contribution in [1.29, 1.82) is 0 Å². The van der Waals surface area contributed by atoms with Crippen molar-refractivity contribution in [3.05, 3.63) is 36.4 Å². The van der Waals surface area contributed by atoms with Crippen LogP contribution in [-0.4, -0.2) is 18.1 Å². The van der Waals surface area contributed by atoms with Crippen LogP contribution >= 0.6 is 0 Å². The Morgan fingerprint density at radius 1 is 0.941 bits per heavy atom. The minimum Gasteiger partial charge on any atom is -0.385 e. The number of nitrogens with zero attached hydrogens (tertiary/aromatic N) is 1. The van der Waals surface area contributed by atoms with Gasteiger partial charge in [0.15, 0.2) is 0 Å². The minimum atomic E-state index is 0.712. The van der Waals surface area contributed by atoms with E-state index in [0.717, 1.165) is 5.69 Å².